The van der Waals surface area contributed by atoms with E-state index < -0.39 is 40.8 Å². The highest BCUT2D eigenvalue weighted by Crippen LogP contribution is 2.24. The predicted molar refractivity (Wildman–Crippen MR) is 88.9 cm³/mol. The molecule has 10 heteroatoms. The molecule has 0 unspecified atom stereocenters. The summed E-state index contributed by atoms with van der Waals surface area (Å²) in [5, 5.41) is 43.7. The third kappa shape index (κ3) is 4.95. The van der Waals surface area contributed by atoms with Gasteiger partial charge in [0.25, 0.3) is 0 Å². The van der Waals surface area contributed by atoms with Gasteiger partial charge in [0.1, 0.15) is 33.8 Å². The fourth-order valence-corrected chi connectivity index (χ4v) is 1.98. The van der Waals surface area contributed by atoms with Crippen molar-refractivity contribution in [2.45, 2.75) is 0 Å². The number of aromatic hydroxyl groups is 1. The van der Waals surface area contributed by atoms with Crippen molar-refractivity contribution in [3.8, 4) is 11.5 Å². The maximum Gasteiger partial charge on any atom is 0.339 e. The quantitative estimate of drug-likeness (QED) is 0.515. The summed E-state index contributed by atoms with van der Waals surface area (Å²) in [6, 6.07) is 7.44. The van der Waals surface area contributed by atoms with E-state index >= 15 is 0 Å². The molecule has 0 aliphatic heterocycles. The molecule has 2 aromatic rings. The molecule has 0 heterocycles. The number of carbonyl (C=O) groups is 4. The zero-order chi connectivity index (χ0) is 20.7. The van der Waals surface area contributed by atoms with Crippen LogP contribution in [-0.2, 0) is 0 Å². The summed E-state index contributed by atoms with van der Waals surface area (Å²) in [5.41, 5.74) is -1.15. The second-order valence-electron chi connectivity index (χ2n) is 4.81. The molecule has 2 rings (SSSR count). The van der Waals surface area contributed by atoms with Crippen molar-refractivity contribution in [3.05, 3.63) is 58.7 Å². The van der Waals surface area contributed by atoms with E-state index in [2.05, 4.69) is 0 Å². The number of aromatic carboxylic acids is 4. The molecule has 142 valence electrons. The van der Waals surface area contributed by atoms with Gasteiger partial charge in [-0.1, -0.05) is 12.1 Å². The molecule has 0 amide bonds. The Bertz CT molecular complexity index is 836. The van der Waals surface area contributed by atoms with Crippen LogP contribution in [-0.4, -0.2) is 56.5 Å². The number of benzene rings is 2. The number of carboxylic acids is 4. The van der Waals surface area contributed by atoms with Gasteiger partial charge in [0, 0.05) is 0 Å². The normalized spacial score (nSPS) is 9.52. The van der Waals surface area contributed by atoms with Crippen LogP contribution < -0.4 is 4.74 Å². The fraction of sp³-hybridized carbons (Fsp3) is 0.0588. The van der Waals surface area contributed by atoms with Gasteiger partial charge in [-0.2, -0.15) is 0 Å². The highest BCUT2D eigenvalue weighted by Gasteiger charge is 2.18. The summed E-state index contributed by atoms with van der Waals surface area (Å²) in [6.45, 7) is 0. The van der Waals surface area contributed by atoms with Crippen molar-refractivity contribution >= 4 is 23.9 Å². The molecule has 2 aromatic carbocycles. The Kier molecular flexibility index (Phi) is 6.87. The molecule has 0 saturated carbocycles. The molecular weight excluding hydrogens is 364 g/mol. The van der Waals surface area contributed by atoms with Crippen LogP contribution in [0.2, 0.25) is 0 Å². The van der Waals surface area contributed by atoms with E-state index in [-0.39, 0.29) is 16.9 Å². The Labute approximate surface area is 151 Å². The molecular formula is C17H14O10. The lowest BCUT2D eigenvalue weighted by molar-refractivity contribution is 0.0668. The predicted octanol–water partition coefficient (Wildman–Crippen LogP) is 1.88. The Morgan fingerprint density at radius 3 is 1.22 bits per heavy atom. The van der Waals surface area contributed by atoms with Crippen LogP contribution in [0.5, 0.6) is 11.5 Å². The molecule has 0 fully saturated rings. The lowest BCUT2D eigenvalue weighted by atomic mass is 10.1. The van der Waals surface area contributed by atoms with Crippen molar-refractivity contribution < 1.29 is 49.4 Å². The molecule has 0 bridgehead atoms. The largest absolute Gasteiger partial charge is 0.506 e. The van der Waals surface area contributed by atoms with Gasteiger partial charge in [-0.15, -0.1) is 0 Å². The van der Waals surface area contributed by atoms with Crippen LogP contribution in [0.25, 0.3) is 0 Å². The smallest absolute Gasteiger partial charge is 0.339 e. The van der Waals surface area contributed by atoms with E-state index in [0.717, 1.165) is 12.1 Å². The molecule has 0 aliphatic rings. The number of methoxy groups -OCH3 is 1. The van der Waals surface area contributed by atoms with Crippen LogP contribution in [0.4, 0.5) is 0 Å². The van der Waals surface area contributed by atoms with Gasteiger partial charge < -0.3 is 30.3 Å². The van der Waals surface area contributed by atoms with Crippen LogP contribution in [0.3, 0.4) is 0 Å². The van der Waals surface area contributed by atoms with Gasteiger partial charge in [-0.05, 0) is 24.3 Å². The Morgan fingerprint density at radius 2 is 0.963 bits per heavy atom. The van der Waals surface area contributed by atoms with E-state index in [0.29, 0.717) is 0 Å². The number of para-hydroxylation sites is 2. The Hall–Kier alpha value is -4.08. The summed E-state index contributed by atoms with van der Waals surface area (Å²) < 4.78 is 4.74. The van der Waals surface area contributed by atoms with Crippen LogP contribution in [0.1, 0.15) is 41.4 Å². The van der Waals surface area contributed by atoms with E-state index in [9.17, 15) is 19.2 Å². The second-order valence-corrected chi connectivity index (χ2v) is 4.81. The third-order valence-electron chi connectivity index (χ3n) is 3.18. The van der Waals surface area contributed by atoms with E-state index in [1.165, 1.54) is 31.4 Å². The maximum atomic E-state index is 10.7. The summed E-state index contributed by atoms with van der Waals surface area (Å²) in [5.74, 6) is -6.01. The van der Waals surface area contributed by atoms with Crippen LogP contribution in [0, 0.1) is 0 Å². The van der Waals surface area contributed by atoms with Crippen LogP contribution in [0.15, 0.2) is 36.4 Å². The lowest BCUT2D eigenvalue weighted by Crippen LogP contribution is -2.06. The molecule has 0 aliphatic carbocycles. The van der Waals surface area contributed by atoms with Gasteiger partial charge in [0.2, 0.25) is 0 Å². The third-order valence-corrected chi connectivity index (χ3v) is 3.18. The first-order valence-corrected chi connectivity index (χ1v) is 7.03. The van der Waals surface area contributed by atoms with Crippen molar-refractivity contribution in [2.24, 2.45) is 0 Å². The number of hydrogen-bond donors (Lipinski definition) is 5. The monoisotopic (exact) mass is 378 g/mol. The fourth-order valence-electron chi connectivity index (χ4n) is 1.98. The number of carboxylic acid groups (broad SMARTS) is 4. The summed E-state index contributed by atoms with van der Waals surface area (Å²) in [4.78, 5) is 42.3. The first kappa shape index (κ1) is 21.0. The minimum atomic E-state index is -1.36. The van der Waals surface area contributed by atoms with E-state index in [1.54, 1.807) is 0 Å². The van der Waals surface area contributed by atoms with E-state index in [1.807, 2.05) is 0 Å². The molecule has 0 radical (unpaired) electrons. The van der Waals surface area contributed by atoms with Crippen molar-refractivity contribution in [3.63, 3.8) is 0 Å². The molecule has 5 N–H and O–H groups in total. The molecule has 0 atom stereocenters. The van der Waals surface area contributed by atoms with Gasteiger partial charge in [-0.25, -0.2) is 19.2 Å². The van der Waals surface area contributed by atoms with E-state index in [4.69, 9.17) is 30.3 Å². The van der Waals surface area contributed by atoms with Gasteiger partial charge in [0.05, 0.1) is 7.11 Å². The summed E-state index contributed by atoms with van der Waals surface area (Å²) >= 11 is 0. The summed E-state index contributed by atoms with van der Waals surface area (Å²) in [6.07, 6.45) is 0. The van der Waals surface area contributed by atoms with Crippen molar-refractivity contribution in [1.82, 2.24) is 0 Å². The molecule has 0 spiro atoms. The zero-order valence-electron chi connectivity index (χ0n) is 13.7. The minimum absolute atomic E-state index is 0.132. The zero-order valence-corrected chi connectivity index (χ0v) is 13.7. The van der Waals surface area contributed by atoms with Gasteiger partial charge in [0.15, 0.2) is 0 Å². The first-order valence-electron chi connectivity index (χ1n) is 7.03. The number of ether oxygens (including phenoxy) is 1. The van der Waals surface area contributed by atoms with Crippen molar-refractivity contribution in [1.29, 1.82) is 0 Å². The average molecular weight is 378 g/mol. The number of hydrogen-bond acceptors (Lipinski definition) is 6. The Balaban J connectivity index is 0.000000271. The summed E-state index contributed by atoms with van der Waals surface area (Å²) in [7, 11) is 1.23. The van der Waals surface area contributed by atoms with Crippen LogP contribution >= 0.6 is 0 Å². The average Bonchev–Trinajstić information content (AvgIpc) is 2.60. The first-order chi connectivity index (χ1) is 12.6. The SMILES string of the molecule is COc1c(C(=O)O)cccc1C(=O)O.O=C(O)c1cccc(C(=O)O)c1O. The lowest BCUT2D eigenvalue weighted by Gasteiger charge is -2.07. The molecule has 27 heavy (non-hydrogen) atoms. The minimum Gasteiger partial charge on any atom is -0.506 e. The topological polar surface area (TPSA) is 179 Å². The highest BCUT2D eigenvalue weighted by atomic mass is 16.5. The standard InChI is InChI=1S/C9H8O5.C8H6O5/c1-14-7-5(8(10)11)3-2-4-6(7)9(12)13;9-6-4(7(10)11)2-1-3-5(6)8(12)13/h2-4H,1H3,(H,10,11)(H,12,13);1-3,9H,(H,10,11)(H,12,13). The molecule has 0 aromatic heterocycles. The molecule has 0 saturated heterocycles. The maximum absolute atomic E-state index is 10.7. The van der Waals surface area contributed by atoms with Gasteiger partial charge >= 0.3 is 23.9 Å². The highest BCUT2D eigenvalue weighted by molar-refractivity contribution is 5.99. The van der Waals surface area contributed by atoms with Gasteiger partial charge in [-0.3, -0.25) is 0 Å². The number of phenols is 1. The second kappa shape index (κ2) is 8.85. The molecule has 10 nitrogen and oxygen atoms in total. The van der Waals surface area contributed by atoms with Crippen molar-refractivity contribution in [2.75, 3.05) is 7.11 Å². The number of rotatable bonds is 5. The Morgan fingerprint density at radius 1 is 0.667 bits per heavy atom.